The predicted octanol–water partition coefficient (Wildman–Crippen LogP) is 3.30. The molecule has 0 aliphatic carbocycles. The second kappa shape index (κ2) is 8.22. The number of aromatic nitrogens is 2. The maximum atomic E-state index is 12.6. The monoisotopic (exact) mass is 449 g/mol. The van der Waals surface area contributed by atoms with Crippen LogP contribution in [0.5, 0.6) is 0 Å². The minimum atomic E-state index is -3.53. The second-order valence-corrected chi connectivity index (χ2v) is 9.07. The van der Waals surface area contributed by atoms with Gasteiger partial charge in [-0.15, -0.1) is 0 Å². The Morgan fingerprint density at radius 2 is 1.93 bits per heavy atom. The fourth-order valence-electron chi connectivity index (χ4n) is 2.81. The molecule has 3 rings (SSSR count). The van der Waals surface area contributed by atoms with E-state index in [9.17, 15) is 13.2 Å². The summed E-state index contributed by atoms with van der Waals surface area (Å²) in [6.07, 6.45) is 1.59. The summed E-state index contributed by atoms with van der Waals surface area (Å²) in [6.45, 7) is 2.94. The Hall–Kier alpha value is -2.19. The Balaban J connectivity index is 1.62. The lowest BCUT2D eigenvalue weighted by atomic mass is 10.1. The van der Waals surface area contributed by atoms with Crippen LogP contribution in [-0.2, 0) is 27.7 Å². The molecule has 0 bridgehead atoms. The second-order valence-electron chi connectivity index (χ2n) is 6.11. The third kappa shape index (κ3) is 4.56. The highest BCUT2D eigenvalue weighted by molar-refractivity contribution is 9.10. The van der Waals surface area contributed by atoms with E-state index in [4.69, 9.17) is 0 Å². The topological polar surface area (TPSA) is 81.1 Å². The lowest BCUT2D eigenvalue weighted by molar-refractivity contribution is -0.120. The molecule has 8 heteroatoms. The minimum Gasteiger partial charge on any atom is -0.350 e. The van der Waals surface area contributed by atoms with Gasteiger partial charge in [0.15, 0.2) is 9.84 Å². The van der Waals surface area contributed by atoms with Crippen LogP contribution in [0.25, 0.3) is 10.8 Å². The molecule has 0 aliphatic rings. The van der Waals surface area contributed by atoms with Gasteiger partial charge in [0.2, 0.25) is 5.91 Å². The van der Waals surface area contributed by atoms with Crippen LogP contribution in [0.3, 0.4) is 0 Å². The highest BCUT2D eigenvalue weighted by Crippen LogP contribution is 2.20. The van der Waals surface area contributed by atoms with Crippen LogP contribution in [0.4, 0.5) is 0 Å². The molecule has 27 heavy (non-hydrogen) atoms. The van der Waals surface area contributed by atoms with Crippen molar-refractivity contribution in [1.29, 1.82) is 0 Å². The summed E-state index contributed by atoms with van der Waals surface area (Å²) in [7, 11) is -3.53. The Kier molecular flexibility index (Phi) is 5.96. The van der Waals surface area contributed by atoms with Crippen LogP contribution >= 0.6 is 15.9 Å². The van der Waals surface area contributed by atoms with Gasteiger partial charge in [0.1, 0.15) is 0 Å². The van der Waals surface area contributed by atoms with Gasteiger partial charge in [0.25, 0.3) is 0 Å². The minimum absolute atomic E-state index is 0.0902. The molecule has 1 aromatic heterocycles. The normalized spacial score (nSPS) is 11.6. The summed E-state index contributed by atoms with van der Waals surface area (Å²) in [4.78, 5) is 12.4. The van der Waals surface area contributed by atoms with Crippen molar-refractivity contribution < 1.29 is 13.2 Å². The first-order valence-corrected chi connectivity index (χ1v) is 11.0. The van der Waals surface area contributed by atoms with Crippen LogP contribution in [0.2, 0.25) is 0 Å². The van der Waals surface area contributed by atoms with Gasteiger partial charge in [-0.05, 0) is 45.8 Å². The Morgan fingerprint density at radius 3 is 2.67 bits per heavy atom. The predicted molar refractivity (Wildman–Crippen MR) is 108 cm³/mol. The lowest BCUT2D eigenvalue weighted by Gasteiger charge is -2.09. The highest BCUT2D eigenvalue weighted by atomic mass is 79.9. The number of halogens is 1. The van der Waals surface area contributed by atoms with E-state index in [0.29, 0.717) is 13.1 Å². The van der Waals surface area contributed by atoms with Crippen molar-refractivity contribution >= 4 is 42.4 Å². The lowest BCUT2D eigenvalue weighted by Crippen LogP contribution is -2.26. The number of carbonyl (C=O) groups is 1. The van der Waals surface area contributed by atoms with E-state index in [1.807, 2.05) is 31.2 Å². The molecule has 0 atom stereocenters. The van der Waals surface area contributed by atoms with Crippen molar-refractivity contribution in [3.63, 3.8) is 0 Å². The molecule has 1 amide bonds. The van der Waals surface area contributed by atoms with E-state index < -0.39 is 9.84 Å². The van der Waals surface area contributed by atoms with Crippen LogP contribution in [0.1, 0.15) is 19.0 Å². The van der Waals surface area contributed by atoms with E-state index in [0.717, 1.165) is 20.9 Å². The average Bonchev–Trinajstić information content (AvgIpc) is 3.04. The van der Waals surface area contributed by atoms with Crippen LogP contribution in [0.15, 0.2) is 58.0 Å². The molecule has 0 radical (unpaired) electrons. The van der Waals surface area contributed by atoms with Crippen molar-refractivity contribution in [3.8, 4) is 0 Å². The first-order valence-electron chi connectivity index (χ1n) is 8.59. The fraction of sp³-hybridized carbons (Fsp3) is 0.263. The number of hydrogen-bond acceptors (Lipinski definition) is 4. The largest absolute Gasteiger partial charge is 0.350 e. The van der Waals surface area contributed by atoms with Gasteiger partial charge in [-0.25, -0.2) is 8.42 Å². The summed E-state index contributed by atoms with van der Waals surface area (Å²) in [6, 6.07) is 12.6. The van der Waals surface area contributed by atoms with Gasteiger partial charge in [0, 0.05) is 13.0 Å². The van der Waals surface area contributed by atoms with Crippen LogP contribution in [-0.4, -0.2) is 29.9 Å². The fourth-order valence-corrected chi connectivity index (χ4v) is 4.52. The van der Waals surface area contributed by atoms with Crippen molar-refractivity contribution in [1.82, 2.24) is 15.1 Å². The molecule has 0 spiro atoms. The van der Waals surface area contributed by atoms with Crippen molar-refractivity contribution in [3.05, 3.63) is 58.8 Å². The smallest absolute Gasteiger partial charge is 0.221 e. The molecular weight excluding hydrogens is 430 g/mol. The molecule has 142 valence electrons. The molecule has 0 saturated carbocycles. The Morgan fingerprint density at radius 1 is 1.19 bits per heavy atom. The standard InChI is InChI=1S/C19H20BrN3O3S/c1-2-23-18(17(20)12-22-23)13-21-19(24)9-10-27(25,26)16-8-7-14-5-3-4-6-15(14)11-16/h3-8,11-12H,2,9-10,13H2,1H3,(H,21,24). The summed E-state index contributed by atoms with van der Waals surface area (Å²) in [5.74, 6) is -0.541. The molecule has 0 unspecified atom stereocenters. The molecular formula is C19H20BrN3O3S. The third-order valence-electron chi connectivity index (χ3n) is 4.33. The number of benzene rings is 2. The van der Waals surface area contributed by atoms with Gasteiger partial charge in [-0.1, -0.05) is 30.3 Å². The first kappa shape index (κ1) is 19.6. The number of amides is 1. The van der Waals surface area contributed by atoms with E-state index in [-0.39, 0.29) is 23.0 Å². The molecule has 0 fully saturated rings. The maximum absolute atomic E-state index is 12.6. The zero-order chi connectivity index (χ0) is 19.4. The molecule has 6 nitrogen and oxygen atoms in total. The summed E-state index contributed by atoms with van der Waals surface area (Å²) in [5, 5.41) is 8.79. The number of hydrogen-bond donors (Lipinski definition) is 1. The molecule has 2 aromatic carbocycles. The molecule has 0 saturated heterocycles. The summed E-state index contributed by atoms with van der Waals surface area (Å²) >= 11 is 3.40. The Bertz CT molecular complexity index is 1080. The van der Waals surface area contributed by atoms with E-state index in [1.54, 1.807) is 29.1 Å². The number of nitrogens with zero attached hydrogens (tertiary/aromatic N) is 2. The quantitative estimate of drug-likeness (QED) is 0.599. The number of fused-ring (bicyclic) bond motifs is 1. The van der Waals surface area contributed by atoms with E-state index in [2.05, 4.69) is 26.3 Å². The SMILES string of the molecule is CCn1ncc(Br)c1CNC(=O)CCS(=O)(=O)c1ccc2ccccc2c1. The molecule has 1 heterocycles. The molecule has 3 aromatic rings. The van der Waals surface area contributed by atoms with Crippen molar-refractivity contribution in [2.24, 2.45) is 0 Å². The molecule has 1 N–H and O–H groups in total. The summed E-state index contributed by atoms with van der Waals surface area (Å²) < 4.78 is 27.7. The molecule has 0 aliphatic heterocycles. The van der Waals surface area contributed by atoms with Crippen molar-refractivity contribution in [2.75, 3.05) is 5.75 Å². The van der Waals surface area contributed by atoms with Gasteiger partial charge in [-0.3, -0.25) is 9.48 Å². The number of sulfone groups is 1. The number of nitrogens with one attached hydrogen (secondary N) is 1. The highest BCUT2D eigenvalue weighted by Gasteiger charge is 2.17. The van der Waals surface area contributed by atoms with E-state index in [1.165, 1.54) is 0 Å². The number of aryl methyl sites for hydroxylation is 1. The van der Waals surface area contributed by atoms with Gasteiger partial charge < -0.3 is 5.32 Å². The third-order valence-corrected chi connectivity index (χ3v) is 6.70. The first-order chi connectivity index (χ1) is 12.9. The van der Waals surface area contributed by atoms with E-state index >= 15 is 0 Å². The number of carbonyl (C=O) groups excluding carboxylic acids is 1. The zero-order valence-corrected chi connectivity index (χ0v) is 17.3. The van der Waals surface area contributed by atoms with Crippen molar-refractivity contribution in [2.45, 2.75) is 31.3 Å². The van der Waals surface area contributed by atoms with Crippen LogP contribution in [0, 0.1) is 0 Å². The van der Waals surface area contributed by atoms with Gasteiger partial charge in [-0.2, -0.15) is 5.10 Å². The van der Waals surface area contributed by atoms with Gasteiger partial charge >= 0.3 is 0 Å². The van der Waals surface area contributed by atoms with Gasteiger partial charge in [0.05, 0.1) is 33.6 Å². The number of rotatable bonds is 7. The Labute approximate surface area is 166 Å². The zero-order valence-electron chi connectivity index (χ0n) is 14.9. The summed E-state index contributed by atoms with van der Waals surface area (Å²) in [5.41, 5.74) is 0.850. The average molecular weight is 450 g/mol. The maximum Gasteiger partial charge on any atom is 0.221 e. The van der Waals surface area contributed by atoms with Crippen LogP contribution < -0.4 is 5.32 Å².